The van der Waals surface area contributed by atoms with E-state index in [2.05, 4.69) is 9.62 Å². The molecule has 0 bridgehead atoms. The van der Waals surface area contributed by atoms with E-state index in [-0.39, 0.29) is 6.04 Å². The molecule has 3 heterocycles. The van der Waals surface area contributed by atoms with Crippen LogP contribution in [0.5, 0.6) is 0 Å². The van der Waals surface area contributed by atoms with E-state index in [9.17, 15) is 8.42 Å². The van der Waals surface area contributed by atoms with Crippen LogP contribution in [0.3, 0.4) is 0 Å². The van der Waals surface area contributed by atoms with Gasteiger partial charge in [-0.2, -0.15) is 12.7 Å². The normalized spacial score (nSPS) is 23.0. The third-order valence-corrected chi connectivity index (χ3v) is 6.39. The molecule has 0 spiro atoms. The molecule has 0 aromatic carbocycles. The summed E-state index contributed by atoms with van der Waals surface area (Å²) < 4.78 is 35.0. The molecule has 7 heteroatoms. The third kappa shape index (κ3) is 4.35. The second-order valence-electron chi connectivity index (χ2n) is 6.44. The summed E-state index contributed by atoms with van der Waals surface area (Å²) in [7, 11) is -3.39. The zero-order chi connectivity index (χ0) is 16.1. The summed E-state index contributed by atoms with van der Waals surface area (Å²) in [6.45, 7) is 3.62. The van der Waals surface area contributed by atoms with Crippen LogP contribution in [0.1, 0.15) is 50.3 Å². The van der Waals surface area contributed by atoms with Gasteiger partial charge in [0.25, 0.3) is 10.2 Å². The van der Waals surface area contributed by atoms with Gasteiger partial charge in [0, 0.05) is 19.6 Å². The summed E-state index contributed by atoms with van der Waals surface area (Å²) >= 11 is 0. The summed E-state index contributed by atoms with van der Waals surface area (Å²) in [6, 6.07) is 3.78. The van der Waals surface area contributed by atoms with Gasteiger partial charge < -0.3 is 4.42 Å². The van der Waals surface area contributed by atoms with Gasteiger partial charge in [-0.05, 0) is 50.9 Å². The van der Waals surface area contributed by atoms with Crippen LogP contribution in [0.25, 0.3) is 0 Å². The molecule has 2 fully saturated rings. The van der Waals surface area contributed by atoms with Crippen molar-refractivity contribution in [2.24, 2.45) is 0 Å². The molecule has 1 atom stereocenters. The first-order valence-electron chi connectivity index (χ1n) is 8.69. The summed E-state index contributed by atoms with van der Waals surface area (Å²) in [5.41, 5.74) is 0. The molecule has 1 aromatic heterocycles. The Morgan fingerprint density at radius 2 is 1.70 bits per heavy atom. The largest absolute Gasteiger partial charge is 0.468 e. The fourth-order valence-corrected chi connectivity index (χ4v) is 4.79. The first-order chi connectivity index (χ1) is 11.2. The van der Waals surface area contributed by atoms with E-state index >= 15 is 0 Å². The lowest BCUT2D eigenvalue weighted by molar-refractivity contribution is 0.146. The molecular weight excluding hydrogens is 314 g/mol. The molecule has 130 valence electrons. The van der Waals surface area contributed by atoms with Gasteiger partial charge >= 0.3 is 0 Å². The minimum atomic E-state index is -3.39. The first kappa shape index (κ1) is 17.0. The Kier molecular flexibility index (Phi) is 5.74. The van der Waals surface area contributed by atoms with Crippen molar-refractivity contribution in [1.82, 2.24) is 13.9 Å². The van der Waals surface area contributed by atoms with E-state index in [1.165, 1.54) is 6.42 Å². The second kappa shape index (κ2) is 7.79. The van der Waals surface area contributed by atoms with Crippen LogP contribution in [0.2, 0.25) is 0 Å². The van der Waals surface area contributed by atoms with Crippen molar-refractivity contribution in [2.45, 2.75) is 44.6 Å². The van der Waals surface area contributed by atoms with E-state index < -0.39 is 10.2 Å². The lowest BCUT2D eigenvalue weighted by Gasteiger charge is -2.34. The molecule has 3 rings (SSSR count). The van der Waals surface area contributed by atoms with Gasteiger partial charge in [-0.1, -0.05) is 12.8 Å². The highest BCUT2D eigenvalue weighted by Crippen LogP contribution is 2.25. The Labute approximate surface area is 139 Å². The maximum atomic E-state index is 12.5. The van der Waals surface area contributed by atoms with Crippen molar-refractivity contribution in [3.05, 3.63) is 24.2 Å². The molecule has 6 nitrogen and oxygen atoms in total. The molecule has 0 saturated carbocycles. The van der Waals surface area contributed by atoms with Crippen LogP contribution in [-0.2, 0) is 10.2 Å². The Balaban J connectivity index is 1.66. The topological polar surface area (TPSA) is 65.8 Å². The lowest BCUT2D eigenvalue weighted by atomic mass is 10.1. The number of nitrogens with zero attached hydrogens (tertiary/aromatic N) is 2. The van der Waals surface area contributed by atoms with Gasteiger partial charge in [0.1, 0.15) is 5.76 Å². The highest BCUT2D eigenvalue weighted by Gasteiger charge is 2.29. The average Bonchev–Trinajstić information content (AvgIpc) is 3.11. The highest BCUT2D eigenvalue weighted by atomic mass is 32.2. The van der Waals surface area contributed by atoms with E-state index in [1.54, 1.807) is 10.6 Å². The Morgan fingerprint density at radius 1 is 1.04 bits per heavy atom. The molecular formula is C16H27N3O3S. The standard InChI is InChI=1S/C16H27N3O3S/c20-23(21,19-11-5-2-6-12-19)17-14-15(16-8-7-13-22-16)18-9-3-1-4-10-18/h7-8,13,15,17H,1-6,9-12,14H2/t15-/m1/s1. The SMILES string of the molecule is O=S(=O)(NC[C@H](c1ccco1)N1CCCCC1)N1CCCCC1. The van der Waals surface area contributed by atoms with Crippen molar-refractivity contribution in [3.63, 3.8) is 0 Å². The molecule has 23 heavy (non-hydrogen) atoms. The zero-order valence-electron chi connectivity index (χ0n) is 13.6. The average molecular weight is 341 g/mol. The van der Waals surface area contributed by atoms with Crippen molar-refractivity contribution < 1.29 is 12.8 Å². The predicted octanol–water partition coefficient (Wildman–Crippen LogP) is 2.13. The van der Waals surface area contributed by atoms with Gasteiger partial charge in [0.05, 0.1) is 12.3 Å². The number of furan rings is 1. The molecule has 2 aliphatic heterocycles. The number of rotatable bonds is 6. The summed E-state index contributed by atoms with van der Waals surface area (Å²) in [6.07, 6.45) is 8.26. The summed E-state index contributed by atoms with van der Waals surface area (Å²) in [5.74, 6) is 0.841. The van der Waals surface area contributed by atoms with Gasteiger partial charge in [-0.15, -0.1) is 0 Å². The van der Waals surface area contributed by atoms with Crippen molar-refractivity contribution >= 4 is 10.2 Å². The Morgan fingerprint density at radius 3 is 2.30 bits per heavy atom. The van der Waals surface area contributed by atoms with Gasteiger partial charge in [0.2, 0.25) is 0 Å². The first-order valence-corrected chi connectivity index (χ1v) is 10.1. The van der Waals surface area contributed by atoms with Crippen molar-refractivity contribution in [2.75, 3.05) is 32.7 Å². The van der Waals surface area contributed by atoms with E-state index in [0.29, 0.717) is 19.6 Å². The molecule has 2 saturated heterocycles. The van der Waals surface area contributed by atoms with Crippen LogP contribution >= 0.6 is 0 Å². The monoisotopic (exact) mass is 341 g/mol. The van der Waals surface area contributed by atoms with Crippen molar-refractivity contribution in [1.29, 1.82) is 0 Å². The minimum absolute atomic E-state index is 0.0233. The van der Waals surface area contributed by atoms with E-state index in [0.717, 1.165) is 51.0 Å². The number of hydrogen-bond acceptors (Lipinski definition) is 4. The molecule has 1 aromatic rings. The van der Waals surface area contributed by atoms with Crippen LogP contribution in [0.15, 0.2) is 22.8 Å². The fraction of sp³-hybridized carbons (Fsp3) is 0.750. The number of piperidine rings is 2. The van der Waals surface area contributed by atoms with Gasteiger partial charge in [0.15, 0.2) is 0 Å². The van der Waals surface area contributed by atoms with Crippen molar-refractivity contribution in [3.8, 4) is 0 Å². The summed E-state index contributed by atoms with van der Waals surface area (Å²) in [5, 5.41) is 0. The number of hydrogen-bond donors (Lipinski definition) is 1. The Hall–Kier alpha value is -0.890. The maximum Gasteiger partial charge on any atom is 0.279 e. The molecule has 0 radical (unpaired) electrons. The van der Waals surface area contributed by atoms with Crippen LogP contribution < -0.4 is 4.72 Å². The minimum Gasteiger partial charge on any atom is -0.468 e. The second-order valence-corrected chi connectivity index (χ2v) is 8.20. The lowest BCUT2D eigenvalue weighted by Crippen LogP contribution is -2.47. The maximum absolute atomic E-state index is 12.5. The third-order valence-electron chi connectivity index (χ3n) is 4.82. The Bertz CT molecular complexity index is 561. The summed E-state index contributed by atoms with van der Waals surface area (Å²) in [4.78, 5) is 2.33. The smallest absolute Gasteiger partial charge is 0.279 e. The highest BCUT2D eigenvalue weighted by molar-refractivity contribution is 7.87. The quantitative estimate of drug-likeness (QED) is 0.861. The van der Waals surface area contributed by atoms with Crippen LogP contribution in [0, 0.1) is 0 Å². The number of nitrogens with one attached hydrogen (secondary N) is 1. The van der Waals surface area contributed by atoms with Gasteiger partial charge in [-0.25, -0.2) is 4.72 Å². The van der Waals surface area contributed by atoms with Crippen LogP contribution in [-0.4, -0.2) is 50.3 Å². The van der Waals surface area contributed by atoms with E-state index in [1.807, 2.05) is 12.1 Å². The molecule has 1 N–H and O–H groups in total. The van der Waals surface area contributed by atoms with E-state index in [4.69, 9.17) is 4.42 Å². The fourth-order valence-electron chi connectivity index (χ4n) is 3.50. The van der Waals surface area contributed by atoms with Crippen LogP contribution in [0.4, 0.5) is 0 Å². The zero-order valence-corrected chi connectivity index (χ0v) is 14.4. The number of likely N-dealkylation sites (tertiary alicyclic amines) is 1. The van der Waals surface area contributed by atoms with Gasteiger partial charge in [-0.3, -0.25) is 4.90 Å². The molecule has 0 unspecified atom stereocenters. The predicted molar refractivity (Wildman–Crippen MR) is 89.2 cm³/mol. The molecule has 0 aliphatic carbocycles. The molecule has 0 amide bonds. The molecule has 2 aliphatic rings.